The summed E-state index contributed by atoms with van der Waals surface area (Å²) in [5.74, 6) is 0.747. The molecule has 0 atom stereocenters. The Morgan fingerprint density at radius 3 is 2.40 bits per heavy atom. The van der Waals surface area contributed by atoms with E-state index in [1.54, 1.807) is 0 Å². The Balaban J connectivity index is 2.00. The van der Waals surface area contributed by atoms with Crippen molar-refractivity contribution in [1.29, 1.82) is 0 Å². The van der Waals surface area contributed by atoms with Gasteiger partial charge in [0, 0.05) is 25.3 Å². The zero-order chi connectivity index (χ0) is 18.3. The number of benzene rings is 2. The van der Waals surface area contributed by atoms with Crippen molar-refractivity contribution in [1.82, 2.24) is 5.32 Å². The van der Waals surface area contributed by atoms with Gasteiger partial charge in [0.25, 0.3) is 0 Å². The van der Waals surface area contributed by atoms with Gasteiger partial charge in [0.05, 0.1) is 0 Å². The first-order valence-corrected chi connectivity index (χ1v) is 8.31. The van der Waals surface area contributed by atoms with Gasteiger partial charge in [-0.15, -0.1) is 0 Å². The Kier molecular flexibility index (Phi) is 6.28. The average molecular weight is 342 g/mol. The zero-order valence-corrected chi connectivity index (χ0v) is 15.3. The van der Waals surface area contributed by atoms with Gasteiger partial charge in [-0.2, -0.15) is 0 Å². The topological polar surface area (TPSA) is 59.6 Å². The Bertz CT molecular complexity index is 694. The van der Waals surface area contributed by atoms with Gasteiger partial charge in [-0.1, -0.05) is 30.3 Å². The van der Waals surface area contributed by atoms with Crippen LogP contribution in [0.1, 0.15) is 31.9 Å². The van der Waals surface area contributed by atoms with Crippen molar-refractivity contribution >= 4 is 11.8 Å². The van der Waals surface area contributed by atoms with E-state index in [1.165, 1.54) is 0 Å². The van der Waals surface area contributed by atoms with E-state index in [2.05, 4.69) is 10.6 Å². The van der Waals surface area contributed by atoms with Gasteiger partial charge in [-0.3, -0.25) is 0 Å². The maximum absolute atomic E-state index is 11.8. The van der Waals surface area contributed by atoms with Crippen LogP contribution in [-0.4, -0.2) is 18.7 Å². The van der Waals surface area contributed by atoms with Gasteiger partial charge < -0.3 is 20.1 Å². The van der Waals surface area contributed by atoms with Crippen LogP contribution in [-0.2, 0) is 17.9 Å². The molecule has 0 saturated carbocycles. The summed E-state index contributed by atoms with van der Waals surface area (Å²) in [5.41, 5.74) is 2.44. The normalized spacial score (nSPS) is 10.9. The fourth-order valence-corrected chi connectivity index (χ4v) is 2.22. The second-order valence-corrected chi connectivity index (χ2v) is 6.75. The molecule has 5 nitrogen and oxygen atoms in total. The van der Waals surface area contributed by atoms with Crippen LogP contribution >= 0.6 is 0 Å². The SMILES string of the molecule is CNc1cc(CNC(=O)OC(C)(C)C)cc(OCc2ccccc2)c1. The number of hydrogen-bond donors (Lipinski definition) is 2. The molecule has 0 radical (unpaired) electrons. The fraction of sp³-hybridized carbons (Fsp3) is 0.350. The second kappa shape index (κ2) is 8.42. The number of carbonyl (C=O) groups excluding carboxylic acids is 1. The molecule has 2 N–H and O–H groups in total. The summed E-state index contributed by atoms with van der Waals surface area (Å²) in [6, 6.07) is 15.8. The first-order chi connectivity index (χ1) is 11.9. The third-order valence-corrected chi connectivity index (χ3v) is 3.34. The number of rotatable bonds is 6. The molecule has 0 aliphatic heterocycles. The highest BCUT2D eigenvalue weighted by Gasteiger charge is 2.15. The van der Waals surface area contributed by atoms with E-state index in [0.29, 0.717) is 13.2 Å². The Labute approximate surface area is 149 Å². The molecular formula is C20H26N2O3. The van der Waals surface area contributed by atoms with E-state index < -0.39 is 11.7 Å². The number of hydrogen-bond acceptors (Lipinski definition) is 4. The van der Waals surface area contributed by atoms with Crippen molar-refractivity contribution in [3.63, 3.8) is 0 Å². The molecule has 0 aromatic heterocycles. The maximum Gasteiger partial charge on any atom is 0.407 e. The van der Waals surface area contributed by atoms with E-state index in [4.69, 9.17) is 9.47 Å². The lowest BCUT2D eigenvalue weighted by molar-refractivity contribution is 0.0523. The fourth-order valence-electron chi connectivity index (χ4n) is 2.22. The molecule has 0 aliphatic rings. The summed E-state index contributed by atoms with van der Waals surface area (Å²) < 4.78 is 11.1. The molecule has 0 fully saturated rings. The Morgan fingerprint density at radius 2 is 1.76 bits per heavy atom. The lowest BCUT2D eigenvalue weighted by Gasteiger charge is -2.20. The summed E-state index contributed by atoms with van der Waals surface area (Å²) >= 11 is 0. The molecule has 0 spiro atoms. The predicted molar refractivity (Wildman–Crippen MR) is 99.8 cm³/mol. The second-order valence-electron chi connectivity index (χ2n) is 6.75. The molecule has 134 valence electrons. The molecule has 0 aliphatic carbocycles. The largest absolute Gasteiger partial charge is 0.489 e. The molecule has 0 unspecified atom stereocenters. The van der Waals surface area contributed by atoms with Crippen molar-refractivity contribution in [3.8, 4) is 5.75 Å². The Hall–Kier alpha value is -2.69. The third kappa shape index (κ3) is 6.75. The van der Waals surface area contributed by atoms with Crippen LogP contribution in [0.2, 0.25) is 0 Å². The van der Waals surface area contributed by atoms with E-state index in [0.717, 1.165) is 22.6 Å². The van der Waals surface area contributed by atoms with Crippen molar-refractivity contribution in [2.75, 3.05) is 12.4 Å². The molecule has 0 saturated heterocycles. The van der Waals surface area contributed by atoms with E-state index in [1.807, 2.05) is 76.3 Å². The van der Waals surface area contributed by atoms with Crippen LogP contribution in [0.15, 0.2) is 48.5 Å². The number of carbonyl (C=O) groups is 1. The lowest BCUT2D eigenvalue weighted by Crippen LogP contribution is -2.32. The zero-order valence-electron chi connectivity index (χ0n) is 15.3. The van der Waals surface area contributed by atoms with Crippen LogP contribution < -0.4 is 15.4 Å². The standard InChI is InChI=1S/C20H26N2O3/c1-20(2,3)25-19(23)22-13-16-10-17(21-4)12-18(11-16)24-14-15-8-6-5-7-9-15/h5-12,21H,13-14H2,1-4H3,(H,22,23). The van der Waals surface area contributed by atoms with Crippen LogP contribution in [0.3, 0.4) is 0 Å². The number of alkyl carbamates (subject to hydrolysis) is 1. The molecule has 25 heavy (non-hydrogen) atoms. The van der Waals surface area contributed by atoms with E-state index in [-0.39, 0.29) is 0 Å². The summed E-state index contributed by atoms with van der Waals surface area (Å²) in [5, 5.41) is 5.87. The highest BCUT2D eigenvalue weighted by atomic mass is 16.6. The van der Waals surface area contributed by atoms with Gasteiger partial charge in [-0.05, 0) is 44.0 Å². The molecule has 0 heterocycles. The van der Waals surface area contributed by atoms with Crippen LogP contribution in [0.4, 0.5) is 10.5 Å². The monoisotopic (exact) mass is 342 g/mol. The minimum absolute atomic E-state index is 0.367. The molecule has 0 bridgehead atoms. The number of nitrogens with one attached hydrogen (secondary N) is 2. The summed E-state index contributed by atoms with van der Waals surface area (Å²) in [7, 11) is 1.85. The van der Waals surface area contributed by atoms with Crippen LogP contribution in [0.25, 0.3) is 0 Å². The van der Waals surface area contributed by atoms with E-state index >= 15 is 0 Å². The maximum atomic E-state index is 11.8. The first kappa shape index (κ1) is 18.6. The number of anilines is 1. The minimum Gasteiger partial charge on any atom is -0.489 e. The van der Waals surface area contributed by atoms with Crippen LogP contribution in [0.5, 0.6) is 5.75 Å². The summed E-state index contributed by atoms with van der Waals surface area (Å²) in [6.07, 6.45) is -0.436. The van der Waals surface area contributed by atoms with Crippen molar-refractivity contribution in [3.05, 3.63) is 59.7 Å². The van der Waals surface area contributed by atoms with Gasteiger partial charge in [-0.25, -0.2) is 4.79 Å². The highest BCUT2D eigenvalue weighted by Crippen LogP contribution is 2.22. The third-order valence-electron chi connectivity index (χ3n) is 3.34. The summed E-state index contributed by atoms with van der Waals surface area (Å²) in [6.45, 7) is 6.37. The van der Waals surface area contributed by atoms with Gasteiger partial charge in [0.15, 0.2) is 0 Å². The molecule has 5 heteroatoms. The van der Waals surface area contributed by atoms with Gasteiger partial charge in [0.2, 0.25) is 0 Å². The lowest BCUT2D eigenvalue weighted by atomic mass is 10.2. The highest BCUT2D eigenvalue weighted by molar-refractivity contribution is 5.67. The predicted octanol–water partition coefficient (Wildman–Crippen LogP) is 4.33. The smallest absolute Gasteiger partial charge is 0.407 e. The van der Waals surface area contributed by atoms with Gasteiger partial charge >= 0.3 is 6.09 Å². The van der Waals surface area contributed by atoms with Crippen molar-refractivity contribution < 1.29 is 14.3 Å². The molecule has 2 aromatic rings. The number of ether oxygens (including phenoxy) is 2. The van der Waals surface area contributed by atoms with E-state index in [9.17, 15) is 4.79 Å². The first-order valence-electron chi connectivity index (χ1n) is 8.31. The molecule has 1 amide bonds. The van der Waals surface area contributed by atoms with Crippen molar-refractivity contribution in [2.24, 2.45) is 0 Å². The quantitative estimate of drug-likeness (QED) is 0.820. The van der Waals surface area contributed by atoms with Gasteiger partial charge in [0.1, 0.15) is 18.0 Å². The number of amides is 1. The Morgan fingerprint density at radius 1 is 1.04 bits per heavy atom. The molecule has 2 rings (SSSR count). The minimum atomic E-state index is -0.513. The van der Waals surface area contributed by atoms with Crippen molar-refractivity contribution in [2.45, 2.75) is 39.5 Å². The van der Waals surface area contributed by atoms with Crippen LogP contribution in [0, 0.1) is 0 Å². The summed E-state index contributed by atoms with van der Waals surface area (Å²) in [4.78, 5) is 11.8. The average Bonchev–Trinajstić information content (AvgIpc) is 2.57. The molecular weight excluding hydrogens is 316 g/mol. The molecule has 2 aromatic carbocycles.